The molecule has 1 aliphatic heterocycles. The third kappa shape index (κ3) is 3.95. The Labute approximate surface area is 204 Å². The normalized spacial score (nSPS) is 26.4. The molecule has 0 spiro atoms. The summed E-state index contributed by atoms with van der Waals surface area (Å²) in [4.78, 5) is 31.3. The molecule has 3 fully saturated rings. The molecule has 3 unspecified atom stereocenters. The van der Waals surface area contributed by atoms with Gasteiger partial charge in [0.25, 0.3) is 5.91 Å². The molecule has 192 valence electrons. The Morgan fingerprint density at radius 2 is 1.89 bits per heavy atom. The largest absolute Gasteiger partial charge is 0.419 e. The highest BCUT2D eigenvalue weighted by atomic mass is 32.2. The van der Waals surface area contributed by atoms with E-state index in [9.17, 15) is 35.6 Å². The van der Waals surface area contributed by atoms with Crippen LogP contribution in [-0.4, -0.2) is 48.0 Å². The molecule has 1 aromatic heterocycles. The number of amides is 2. The quantitative estimate of drug-likeness (QED) is 0.582. The number of carbonyl (C=O) groups excluding carboxylic acids is 2. The standard InChI is InChI=1S/C24H23F4N3O4S/c1-36(34,35)19-9-14(6-7-30-19)22(33)31-18(21(29)32)10-15-11-23(15,31)20(12-2-3-12)13-4-5-16(17(25)8-13)24(26,27)28/h4-9,12,15,18,20H,2-3,10-11H2,1H3,(H2,29,32)/t15?,18?,20-,23?/m1/s1. The average Bonchev–Trinajstić information content (AvgIpc) is 3.70. The zero-order chi connectivity index (χ0) is 26.2. The Bertz CT molecular complexity index is 1380. The molecule has 2 aromatic rings. The van der Waals surface area contributed by atoms with E-state index in [4.69, 9.17) is 5.73 Å². The van der Waals surface area contributed by atoms with Gasteiger partial charge in [-0.2, -0.15) is 13.2 Å². The lowest BCUT2D eigenvalue weighted by molar-refractivity contribution is -0.140. The molecule has 1 aromatic carbocycles. The fourth-order valence-corrected chi connectivity index (χ4v) is 6.52. The molecule has 2 N–H and O–H groups in total. The topological polar surface area (TPSA) is 110 Å². The first-order chi connectivity index (χ1) is 16.7. The van der Waals surface area contributed by atoms with Crippen molar-refractivity contribution in [2.75, 3.05) is 6.26 Å². The number of hydrogen-bond donors (Lipinski definition) is 1. The first-order valence-electron chi connectivity index (χ1n) is 11.4. The molecular weight excluding hydrogens is 502 g/mol. The minimum absolute atomic E-state index is 0.00270. The van der Waals surface area contributed by atoms with Gasteiger partial charge in [-0.05, 0) is 67.3 Å². The van der Waals surface area contributed by atoms with E-state index >= 15 is 0 Å². The van der Waals surface area contributed by atoms with Gasteiger partial charge in [-0.15, -0.1) is 0 Å². The minimum Gasteiger partial charge on any atom is -0.368 e. The van der Waals surface area contributed by atoms with Crippen LogP contribution in [0.5, 0.6) is 0 Å². The van der Waals surface area contributed by atoms with E-state index in [0.29, 0.717) is 18.1 Å². The van der Waals surface area contributed by atoms with Gasteiger partial charge < -0.3 is 10.6 Å². The van der Waals surface area contributed by atoms with Crippen LogP contribution in [0.1, 0.15) is 53.1 Å². The van der Waals surface area contributed by atoms with Gasteiger partial charge in [0.15, 0.2) is 14.9 Å². The summed E-state index contributed by atoms with van der Waals surface area (Å²) in [6.07, 6.45) is -0.458. The number of aromatic nitrogens is 1. The van der Waals surface area contributed by atoms with E-state index in [1.165, 1.54) is 23.2 Å². The number of halogens is 4. The average molecular weight is 526 g/mol. The maximum Gasteiger partial charge on any atom is 0.419 e. The number of sulfone groups is 1. The number of nitrogens with two attached hydrogens (primary N) is 1. The van der Waals surface area contributed by atoms with Crippen molar-refractivity contribution in [1.82, 2.24) is 9.88 Å². The van der Waals surface area contributed by atoms with E-state index in [1.54, 1.807) is 0 Å². The number of likely N-dealkylation sites (tertiary alicyclic amines) is 1. The molecule has 4 atom stereocenters. The van der Waals surface area contributed by atoms with Gasteiger partial charge in [0.2, 0.25) is 5.91 Å². The summed E-state index contributed by atoms with van der Waals surface area (Å²) < 4.78 is 78.0. The third-order valence-corrected chi connectivity index (χ3v) is 8.57. The highest BCUT2D eigenvalue weighted by Crippen LogP contribution is 2.69. The summed E-state index contributed by atoms with van der Waals surface area (Å²) in [6, 6.07) is 4.32. The van der Waals surface area contributed by atoms with Gasteiger partial charge >= 0.3 is 6.18 Å². The van der Waals surface area contributed by atoms with Gasteiger partial charge in [-0.1, -0.05) is 6.07 Å². The van der Waals surface area contributed by atoms with Crippen LogP contribution in [-0.2, 0) is 20.8 Å². The number of piperidine rings is 1. The fourth-order valence-electron chi connectivity index (χ4n) is 5.93. The Morgan fingerprint density at radius 3 is 2.44 bits per heavy atom. The first kappa shape index (κ1) is 24.7. The third-order valence-electron chi connectivity index (χ3n) is 7.59. The van der Waals surface area contributed by atoms with Crippen molar-refractivity contribution in [1.29, 1.82) is 0 Å². The number of alkyl halides is 3. The van der Waals surface area contributed by atoms with Crippen molar-refractivity contribution in [3.05, 3.63) is 59.0 Å². The lowest BCUT2D eigenvalue weighted by Crippen LogP contribution is -2.53. The molecule has 2 amide bonds. The number of fused-ring (bicyclic) bond motifs is 1. The number of pyridine rings is 1. The molecule has 3 aliphatic rings. The fraction of sp³-hybridized carbons (Fsp3) is 0.458. The summed E-state index contributed by atoms with van der Waals surface area (Å²) in [6.45, 7) is 0. The maximum atomic E-state index is 14.6. The van der Waals surface area contributed by atoms with E-state index in [-0.39, 0.29) is 28.8 Å². The lowest BCUT2D eigenvalue weighted by Gasteiger charge is -2.39. The molecule has 2 heterocycles. The number of benzene rings is 1. The smallest absolute Gasteiger partial charge is 0.368 e. The van der Waals surface area contributed by atoms with Crippen LogP contribution in [0.25, 0.3) is 0 Å². The van der Waals surface area contributed by atoms with Crippen molar-refractivity contribution in [2.24, 2.45) is 17.6 Å². The van der Waals surface area contributed by atoms with Crippen molar-refractivity contribution >= 4 is 21.7 Å². The van der Waals surface area contributed by atoms with E-state index < -0.39 is 56.7 Å². The lowest BCUT2D eigenvalue weighted by atomic mass is 9.82. The van der Waals surface area contributed by atoms with Crippen molar-refractivity contribution in [3.63, 3.8) is 0 Å². The molecule has 36 heavy (non-hydrogen) atoms. The van der Waals surface area contributed by atoms with Gasteiger partial charge in [-0.25, -0.2) is 17.8 Å². The highest BCUT2D eigenvalue weighted by Gasteiger charge is 2.72. The van der Waals surface area contributed by atoms with Crippen LogP contribution in [0.2, 0.25) is 0 Å². The maximum absolute atomic E-state index is 14.6. The molecular formula is C24H23F4N3O4S. The molecule has 0 radical (unpaired) electrons. The second-order valence-electron chi connectivity index (χ2n) is 9.93. The van der Waals surface area contributed by atoms with Crippen molar-refractivity contribution in [2.45, 2.75) is 54.4 Å². The van der Waals surface area contributed by atoms with Crippen LogP contribution in [0.3, 0.4) is 0 Å². The molecule has 0 bridgehead atoms. The molecule has 1 saturated heterocycles. The first-order valence-corrected chi connectivity index (χ1v) is 13.3. The summed E-state index contributed by atoms with van der Waals surface area (Å²) >= 11 is 0. The van der Waals surface area contributed by atoms with Gasteiger partial charge in [0.05, 0.1) is 11.1 Å². The summed E-state index contributed by atoms with van der Waals surface area (Å²) in [5.41, 5.74) is 3.67. The van der Waals surface area contributed by atoms with E-state index in [0.717, 1.165) is 31.2 Å². The van der Waals surface area contributed by atoms with Gasteiger partial charge in [0.1, 0.15) is 11.9 Å². The Balaban J connectivity index is 1.59. The molecule has 2 aliphatic carbocycles. The van der Waals surface area contributed by atoms with Gasteiger partial charge in [0, 0.05) is 23.9 Å². The SMILES string of the molecule is CS(=O)(=O)c1cc(C(=O)N2C(C(N)=O)CC3CC32[C@@H](c2ccc(C(F)(F)F)c(F)c2)C2CC2)ccn1. The zero-order valence-corrected chi connectivity index (χ0v) is 19.9. The van der Waals surface area contributed by atoms with Crippen molar-refractivity contribution in [3.8, 4) is 0 Å². The van der Waals surface area contributed by atoms with Crippen LogP contribution >= 0.6 is 0 Å². The highest BCUT2D eigenvalue weighted by molar-refractivity contribution is 7.90. The van der Waals surface area contributed by atoms with Crippen LogP contribution < -0.4 is 5.73 Å². The Hall–Kier alpha value is -3.02. The minimum atomic E-state index is -4.84. The number of hydrogen-bond acceptors (Lipinski definition) is 5. The number of nitrogens with zero attached hydrogens (tertiary/aromatic N) is 2. The zero-order valence-electron chi connectivity index (χ0n) is 19.1. The molecule has 12 heteroatoms. The Kier molecular flexibility index (Phi) is 5.47. The van der Waals surface area contributed by atoms with Crippen LogP contribution in [0, 0.1) is 17.7 Å². The predicted octanol–water partition coefficient (Wildman–Crippen LogP) is 3.30. The van der Waals surface area contributed by atoms with Crippen molar-refractivity contribution < 1.29 is 35.6 Å². The second kappa shape index (κ2) is 7.99. The summed E-state index contributed by atoms with van der Waals surface area (Å²) in [5.74, 6) is -3.40. The predicted molar refractivity (Wildman–Crippen MR) is 119 cm³/mol. The number of carbonyl (C=O) groups is 2. The second-order valence-corrected chi connectivity index (χ2v) is 11.9. The van der Waals surface area contributed by atoms with Gasteiger partial charge in [-0.3, -0.25) is 9.59 Å². The molecule has 5 rings (SSSR count). The monoisotopic (exact) mass is 525 g/mol. The summed E-state index contributed by atoms with van der Waals surface area (Å²) in [5, 5.41) is -0.312. The number of primary amides is 1. The molecule has 7 nitrogen and oxygen atoms in total. The Morgan fingerprint density at radius 1 is 1.19 bits per heavy atom. The van der Waals surface area contributed by atoms with Crippen LogP contribution in [0.15, 0.2) is 41.6 Å². The summed E-state index contributed by atoms with van der Waals surface area (Å²) in [7, 11) is -3.72. The van der Waals surface area contributed by atoms with Crippen LogP contribution in [0.4, 0.5) is 17.6 Å². The van der Waals surface area contributed by atoms with E-state index in [2.05, 4.69) is 4.98 Å². The van der Waals surface area contributed by atoms with E-state index in [1.807, 2.05) is 0 Å². The number of rotatable bonds is 6. The molecule has 2 saturated carbocycles.